The van der Waals surface area contributed by atoms with Crippen molar-refractivity contribution in [1.82, 2.24) is 14.5 Å². The van der Waals surface area contributed by atoms with Crippen LogP contribution in [0.4, 0.5) is 5.95 Å². The lowest BCUT2D eigenvalue weighted by Crippen LogP contribution is -2.28. The van der Waals surface area contributed by atoms with Crippen molar-refractivity contribution in [3.63, 3.8) is 0 Å². The minimum atomic E-state index is -0.916. The summed E-state index contributed by atoms with van der Waals surface area (Å²) < 4.78 is 6.87. The van der Waals surface area contributed by atoms with E-state index in [4.69, 9.17) is 10.5 Å². The SMILES string of the molecule is CC1[C@H](n2c(=O)sc3c(=O)[nH]c(N)nc32)O[C@H](CO)[C@H]1O. The van der Waals surface area contributed by atoms with Crippen molar-refractivity contribution in [1.29, 1.82) is 0 Å². The Hall–Kier alpha value is -1.75. The van der Waals surface area contributed by atoms with Gasteiger partial charge in [0.1, 0.15) is 17.0 Å². The summed E-state index contributed by atoms with van der Waals surface area (Å²) in [4.78, 5) is 29.8. The molecule has 1 unspecified atom stereocenters. The Balaban J connectivity index is 2.20. The number of aromatic amines is 1. The summed E-state index contributed by atoms with van der Waals surface area (Å²) in [5, 5.41) is 19.2. The maximum atomic E-state index is 12.2. The van der Waals surface area contributed by atoms with Gasteiger partial charge in [-0.3, -0.25) is 19.1 Å². The molecular weight excluding hydrogens is 300 g/mol. The number of fused-ring (bicyclic) bond motifs is 1. The lowest BCUT2D eigenvalue weighted by Gasteiger charge is -2.16. The zero-order chi connectivity index (χ0) is 15.3. The van der Waals surface area contributed by atoms with Gasteiger partial charge in [0.2, 0.25) is 5.95 Å². The van der Waals surface area contributed by atoms with Crippen LogP contribution in [0.3, 0.4) is 0 Å². The Kier molecular flexibility index (Phi) is 3.32. The molecule has 5 N–H and O–H groups in total. The number of aliphatic hydroxyl groups is 2. The molecule has 1 saturated heterocycles. The van der Waals surface area contributed by atoms with Crippen LogP contribution in [0.15, 0.2) is 9.59 Å². The molecule has 9 nitrogen and oxygen atoms in total. The first-order valence-electron chi connectivity index (χ1n) is 6.29. The molecule has 0 spiro atoms. The van der Waals surface area contributed by atoms with Crippen LogP contribution in [-0.2, 0) is 4.74 Å². The highest BCUT2D eigenvalue weighted by Crippen LogP contribution is 2.35. The molecule has 0 aromatic carbocycles. The van der Waals surface area contributed by atoms with E-state index in [0.717, 1.165) is 11.3 Å². The normalized spacial score (nSPS) is 29.3. The van der Waals surface area contributed by atoms with Gasteiger partial charge in [-0.05, 0) is 0 Å². The van der Waals surface area contributed by atoms with Gasteiger partial charge >= 0.3 is 4.87 Å². The van der Waals surface area contributed by atoms with E-state index in [1.165, 1.54) is 4.57 Å². The molecule has 0 saturated carbocycles. The summed E-state index contributed by atoms with van der Waals surface area (Å²) >= 11 is 0.734. The van der Waals surface area contributed by atoms with Crippen molar-refractivity contribution in [2.24, 2.45) is 5.92 Å². The Morgan fingerprint density at radius 2 is 2.24 bits per heavy atom. The Morgan fingerprint density at radius 3 is 2.86 bits per heavy atom. The number of nitrogens with one attached hydrogen (secondary N) is 1. The highest BCUT2D eigenvalue weighted by Gasteiger charge is 2.43. The number of H-pyrrole nitrogens is 1. The van der Waals surface area contributed by atoms with Crippen molar-refractivity contribution < 1.29 is 14.9 Å². The van der Waals surface area contributed by atoms with Crippen LogP contribution in [0, 0.1) is 5.92 Å². The quantitative estimate of drug-likeness (QED) is 0.534. The molecule has 1 aliphatic heterocycles. The van der Waals surface area contributed by atoms with Crippen LogP contribution in [0.1, 0.15) is 13.2 Å². The summed E-state index contributed by atoms with van der Waals surface area (Å²) in [5.74, 6) is -0.552. The van der Waals surface area contributed by atoms with Crippen LogP contribution >= 0.6 is 11.3 Å². The summed E-state index contributed by atoms with van der Waals surface area (Å²) in [6.45, 7) is 1.33. The molecule has 3 heterocycles. The van der Waals surface area contributed by atoms with Gasteiger partial charge in [0.15, 0.2) is 5.65 Å². The fraction of sp³-hybridized carbons (Fsp3) is 0.545. The molecule has 0 amide bonds. The van der Waals surface area contributed by atoms with Crippen molar-refractivity contribution in [3.8, 4) is 0 Å². The molecule has 3 rings (SSSR count). The van der Waals surface area contributed by atoms with Gasteiger partial charge < -0.3 is 20.7 Å². The fourth-order valence-corrected chi connectivity index (χ4v) is 3.35. The number of nitrogen functional groups attached to an aromatic ring is 1. The molecule has 4 atom stereocenters. The number of ether oxygens (including phenoxy) is 1. The van der Waals surface area contributed by atoms with E-state index < -0.39 is 34.8 Å². The van der Waals surface area contributed by atoms with Crippen LogP contribution in [-0.4, -0.2) is 43.6 Å². The monoisotopic (exact) mass is 314 g/mol. The standard InChI is InChI=1S/C11H14N4O5S/c1-3-5(17)4(2-16)20-9(3)15-7-6(21-11(15)19)8(18)14-10(12)13-7/h3-5,9,16-17H,2H2,1H3,(H3,12,13,14,18)/t3?,4-,5+,9-/m1/s1. The van der Waals surface area contributed by atoms with E-state index in [2.05, 4.69) is 9.97 Å². The third kappa shape index (κ3) is 2.07. The maximum Gasteiger partial charge on any atom is 0.311 e. The number of thiazole rings is 1. The highest BCUT2D eigenvalue weighted by molar-refractivity contribution is 7.16. The van der Waals surface area contributed by atoms with E-state index >= 15 is 0 Å². The topological polar surface area (TPSA) is 143 Å². The molecule has 114 valence electrons. The third-order valence-corrected chi connectivity index (χ3v) is 4.55. The van der Waals surface area contributed by atoms with Gasteiger partial charge in [-0.15, -0.1) is 0 Å². The molecule has 1 fully saturated rings. The molecular formula is C11H14N4O5S. The van der Waals surface area contributed by atoms with Crippen molar-refractivity contribution in [3.05, 3.63) is 20.0 Å². The number of anilines is 1. The maximum absolute atomic E-state index is 12.2. The Labute approximate surface area is 121 Å². The van der Waals surface area contributed by atoms with Gasteiger partial charge in [-0.2, -0.15) is 4.98 Å². The van der Waals surface area contributed by atoms with E-state index in [0.29, 0.717) is 0 Å². The molecule has 21 heavy (non-hydrogen) atoms. The fourth-order valence-electron chi connectivity index (χ4n) is 2.51. The molecule has 10 heteroatoms. The highest BCUT2D eigenvalue weighted by atomic mass is 32.1. The van der Waals surface area contributed by atoms with E-state index in [-0.39, 0.29) is 22.9 Å². The van der Waals surface area contributed by atoms with Gasteiger partial charge in [0, 0.05) is 5.92 Å². The molecule has 0 radical (unpaired) electrons. The second-order valence-electron chi connectivity index (χ2n) is 4.94. The summed E-state index contributed by atoms with van der Waals surface area (Å²) in [6.07, 6.45) is -2.51. The largest absolute Gasteiger partial charge is 0.394 e. The number of rotatable bonds is 2. The first-order chi connectivity index (χ1) is 9.93. The first kappa shape index (κ1) is 14.2. The number of hydrogen-bond donors (Lipinski definition) is 4. The number of nitrogens with two attached hydrogens (primary N) is 1. The lowest BCUT2D eigenvalue weighted by atomic mass is 10.0. The Morgan fingerprint density at radius 1 is 1.52 bits per heavy atom. The first-order valence-corrected chi connectivity index (χ1v) is 7.11. The van der Waals surface area contributed by atoms with Gasteiger partial charge in [-0.25, -0.2) is 0 Å². The summed E-state index contributed by atoms with van der Waals surface area (Å²) in [5.41, 5.74) is 5.13. The van der Waals surface area contributed by atoms with Crippen LogP contribution in [0.2, 0.25) is 0 Å². The summed E-state index contributed by atoms with van der Waals surface area (Å²) in [7, 11) is 0. The average Bonchev–Trinajstić information content (AvgIpc) is 2.89. The lowest BCUT2D eigenvalue weighted by molar-refractivity contribution is -0.0452. The average molecular weight is 314 g/mol. The molecule has 2 aromatic heterocycles. The summed E-state index contributed by atoms with van der Waals surface area (Å²) in [6, 6.07) is 0. The second-order valence-corrected chi connectivity index (χ2v) is 5.90. The van der Waals surface area contributed by atoms with Gasteiger partial charge in [0.25, 0.3) is 5.56 Å². The van der Waals surface area contributed by atoms with Crippen molar-refractivity contribution in [2.75, 3.05) is 12.3 Å². The number of aromatic nitrogens is 3. The predicted molar refractivity (Wildman–Crippen MR) is 75.1 cm³/mol. The zero-order valence-electron chi connectivity index (χ0n) is 11.0. The van der Waals surface area contributed by atoms with E-state index in [1.807, 2.05) is 0 Å². The Bertz CT molecular complexity index is 796. The van der Waals surface area contributed by atoms with Crippen molar-refractivity contribution in [2.45, 2.75) is 25.4 Å². The number of hydrogen-bond acceptors (Lipinski definition) is 8. The minimum Gasteiger partial charge on any atom is -0.394 e. The minimum absolute atomic E-state index is 0.107. The molecule has 0 aliphatic carbocycles. The second kappa shape index (κ2) is 4.91. The molecule has 2 aromatic rings. The smallest absolute Gasteiger partial charge is 0.311 e. The predicted octanol–water partition coefficient (Wildman–Crippen LogP) is -1.38. The van der Waals surface area contributed by atoms with Crippen molar-refractivity contribution >= 4 is 27.6 Å². The number of nitrogens with zero attached hydrogens (tertiary/aromatic N) is 2. The van der Waals surface area contributed by atoms with E-state index in [9.17, 15) is 19.8 Å². The third-order valence-electron chi connectivity index (χ3n) is 3.61. The van der Waals surface area contributed by atoms with Crippen LogP contribution < -0.4 is 16.2 Å². The number of aliphatic hydroxyl groups excluding tert-OH is 2. The van der Waals surface area contributed by atoms with Crippen LogP contribution in [0.25, 0.3) is 10.3 Å². The van der Waals surface area contributed by atoms with E-state index in [1.54, 1.807) is 6.92 Å². The van der Waals surface area contributed by atoms with Gasteiger partial charge in [0.05, 0.1) is 12.7 Å². The zero-order valence-corrected chi connectivity index (χ0v) is 11.8. The molecule has 1 aliphatic rings. The van der Waals surface area contributed by atoms with Crippen LogP contribution in [0.5, 0.6) is 0 Å². The molecule has 0 bridgehead atoms. The van der Waals surface area contributed by atoms with Gasteiger partial charge in [-0.1, -0.05) is 18.3 Å².